The van der Waals surface area contributed by atoms with Gasteiger partial charge in [-0.1, -0.05) is 29.8 Å². The van der Waals surface area contributed by atoms with Gasteiger partial charge in [-0.05, 0) is 25.5 Å². The smallest absolute Gasteiger partial charge is 0.142 e. The third-order valence-corrected chi connectivity index (χ3v) is 3.40. The van der Waals surface area contributed by atoms with E-state index in [1.807, 2.05) is 45.2 Å². The molecule has 0 radical (unpaired) electrons. The number of nitrogens with zero attached hydrogens (tertiary/aromatic N) is 3. The van der Waals surface area contributed by atoms with E-state index in [-0.39, 0.29) is 6.04 Å². The molecule has 0 spiro atoms. The number of halogens is 1. The number of benzene rings is 1. The van der Waals surface area contributed by atoms with Crippen molar-refractivity contribution in [2.45, 2.75) is 19.9 Å². The fourth-order valence-corrected chi connectivity index (χ4v) is 2.37. The zero-order chi connectivity index (χ0) is 14.0. The lowest BCUT2D eigenvalue weighted by atomic mass is 10.1. The molecule has 0 fully saturated rings. The van der Waals surface area contributed by atoms with Crippen LogP contribution in [0.15, 0.2) is 24.3 Å². The van der Waals surface area contributed by atoms with E-state index in [2.05, 4.69) is 16.5 Å². The first-order chi connectivity index (χ1) is 9.04. The van der Waals surface area contributed by atoms with Gasteiger partial charge in [0.05, 0.1) is 11.7 Å². The van der Waals surface area contributed by atoms with Crippen molar-refractivity contribution >= 4 is 17.4 Å². The Morgan fingerprint density at radius 3 is 2.74 bits per heavy atom. The van der Waals surface area contributed by atoms with Crippen LogP contribution in [0.1, 0.15) is 29.8 Å². The highest BCUT2D eigenvalue weighted by atomic mass is 35.5. The topological polar surface area (TPSA) is 53.6 Å². The summed E-state index contributed by atoms with van der Waals surface area (Å²) in [5.74, 6) is 0.715. The van der Waals surface area contributed by atoms with E-state index < -0.39 is 0 Å². The van der Waals surface area contributed by atoms with Crippen LogP contribution in [0.5, 0.6) is 0 Å². The summed E-state index contributed by atoms with van der Waals surface area (Å²) in [4.78, 5) is 0. The molecule has 1 N–H and O–H groups in total. The molecule has 0 saturated heterocycles. The number of hydrogen-bond donors (Lipinski definition) is 1. The number of aryl methyl sites for hydroxylation is 2. The van der Waals surface area contributed by atoms with E-state index in [9.17, 15) is 5.26 Å². The van der Waals surface area contributed by atoms with Crippen molar-refractivity contribution in [3.8, 4) is 6.07 Å². The molecule has 0 aliphatic rings. The monoisotopic (exact) mass is 274 g/mol. The van der Waals surface area contributed by atoms with Crippen molar-refractivity contribution in [3.63, 3.8) is 0 Å². The Morgan fingerprint density at radius 2 is 2.11 bits per heavy atom. The van der Waals surface area contributed by atoms with Crippen molar-refractivity contribution < 1.29 is 0 Å². The van der Waals surface area contributed by atoms with E-state index in [0.717, 1.165) is 11.3 Å². The molecule has 1 aromatic carbocycles. The molecule has 19 heavy (non-hydrogen) atoms. The summed E-state index contributed by atoms with van der Waals surface area (Å²) >= 11 is 6.18. The zero-order valence-corrected chi connectivity index (χ0v) is 11.9. The molecule has 1 aromatic heterocycles. The van der Waals surface area contributed by atoms with Gasteiger partial charge in [0.25, 0.3) is 0 Å². The first kappa shape index (κ1) is 13.4. The van der Waals surface area contributed by atoms with E-state index in [1.165, 1.54) is 0 Å². The Labute approximate surface area is 117 Å². The second-order valence-electron chi connectivity index (χ2n) is 4.43. The summed E-state index contributed by atoms with van der Waals surface area (Å²) < 4.78 is 1.68. The maximum absolute atomic E-state index is 9.18. The SMILES string of the molecule is Cc1nn(C)c(NC(C)c2ccccc2Cl)c1C#N. The highest BCUT2D eigenvalue weighted by Crippen LogP contribution is 2.27. The van der Waals surface area contributed by atoms with E-state index in [1.54, 1.807) is 4.68 Å². The molecule has 2 rings (SSSR count). The Morgan fingerprint density at radius 1 is 1.42 bits per heavy atom. The van der Waals surface area contributed by atoms with Crippen LogP contribution in [0.2, 0.25) is 5.02 Å². The van der Waals surface area contributed by atoms with Crippen molar-refractivity contribution in [3.05, 3.63) is 46.1 Å². The molecule has 1 atom stereocenters. The molecule has 5 heteroatoms. The molecule has 0 bridgehead atoms. The average Bonchev–Trinajstić information content (AvgIpc) is 2.64. The largest absolute Gasteiger partial charge is 0.363 e. The average molecular weight is 275 g/mol. The van der Waals surface area contributed by atoms with Gasteiger partial charge >= 0.3 is 0 Å². The summed E-state index contributed by atoms with van der Waals surface area (Å²) in [5.41, 5.74) is 2.28. The van der Waals surface area contributed by atoms with Crippen molar-refractivity contribution in [2.24, 2.45) is 7.05 Å². The number of nitrogens with one attached hydrogen (secondary N) is 1. The van der Waals surface area contributed by atoms with Crippen LogP contribution in [0.3, 0.4) is 0 Å². The first-order valence-electron chi connectivity index (χ1n) is 5.99. The summed E-state index contributed by atoms with van der Waals surface area (Å²) in [7, 11) is 1.81. The molecular weight excluding hydrogens is 260 g/mol. The minimum Gasteiger partial charge on any atom is -0.363 e. The lowest BCUT2D eigenvalue weighted by Gasteiger charge is -2.17. The molecule has 1 heterocycles. The van der Waals surface area contributed by atoms with Crippen molar-refractivity contribution in [2.75, 3.05) is 5.32 Å². The van der Waals surface area contributed by atoms with Crippen molar-refractivity contribution in [1.29, 1.82) is 5.26 Å². The Kier molecular flexibility index (Phi) is 3.77. The molecule has 4 nitrogen and oxygen atoms in total. The normalized spacial score (nSPS) is 11.9. The second kappa shape index (κ2) is 5.33. The summed E-state index contributed by atoms with van der Waals surface area (Å²) in [6, 6.07) is 9.84. The number of nitriles is 1. The molecule has 0 aliphatic heterocycles. The molecule has 1 unspecified atom stereocenters. The Hall–Kier alpha value is -1.99. The maximum Gasteiger partial charge on any atom is 0.142 e. The fraction of sp³-hybridized carbons (Fsp3) is 0.286. The van der Waals surface area contributed by atoms with Crippen LogP contribution < -0.4 is 5.32 Å². The Balaban J connectivity index is 2.32. The second-order valence-corrected chi connectivity index (χ2v) is 4.84. The summed E-state index contributed by atoms with van der Waals surface area (Å²) in [6.07, 6.45) is 0. The number of anilines is 1. The van der Waals surface area contributed by atoms with Crippen LogP contribution in [0.4, 0.5) is 5.82 Å². The quantitative estimate of drug-likeness (QED) is 0.933. The Bertz CT molecular complexity index is 639. The van der Waals surface area contributed by atoms with E-state index in [0.29, 0.717) is 16.4 Å². The van der Waals surface area contributed by atoms with Crippen molar-refractivity contribution in [1.82, 2.24) is 9.78 Å². The van der Waals surface area contributed by atoms with Gasteiger partial charge in [-0.2, -0.15) is 10.4 Å². The van der Waals surface area contributed by atoms with Crippen LogP contribution >= 0.6 is 11.6 Å². The fourth-order valence-electron chi connectivity index (χ4n) is 2.07. The van der Waals surface area contributed by atoms with Crippen LogP contribution in [0, 0.1) is 18.3 Å². The lowest BCUT2D eigenvalue weighted by Crippen LogP contribution is -2.11. The maximum atomic E-state index is 9.18. The molecular formula is C14H15ClN4. The molecule has 2 aromatic rings. The number of hydrogen-bond acceptors (Lipinski definition) is 3. The van der Waals surface area contributed by atoms with Gasteiger partial charge in [-0.3, -0.25) is 4.68 Å². The lowest BCUT2D eigenvalue weighted by molar-refractivity contribution is 0.742. The van der Waals surface area contributed by atoms with Gasteiger partial charge in [0.2, 0.25) is 0 Å². The molecule has 0 amide bonds. The van der Waals surface area contributed by atoms with E-state index in [4.69, 9.17) is 11.6 Å². The molecule has 0 saturated carbocycles. The van der Waals surface area contributed by atoms with Gasteiger partial charge in [0.1, 0.15) is 17.5 Å². The van der Waals surface area contributed by atoms with Gasteiger partial charge < -0.3 is 5.32 Å². The van der Waals surface area contributed by atoms with Gasteiger partial charge in [0.15, 0.2) is 0 Å². The third-order valence-electron chi connectivity index (χ3n) is 3.06. The number of aromatic nitrogens is 2. The highest BCUT2D eigenvalue weighted by Gasteiger charge is 2.16. The molecule has 0 aliphatic carbocycles. The van der Waals surface area contributed by atoms with Gasteiger partial charge in [-0.25, -0.2) is 0 Å². The standard InChI is InChI=1S/C14H15ClN4/c1-9(11-6-4-5-7-13(11)15)17-14-12(8-16)10(2)18-19(14)3/h4-7,9,17H,1-3H3. The van der Waals surface area contributed by atoms with E-state index >= 15 is 0 Å². The van der Waals surface area contributed by atoms with Gasteiger partial charge in [0, 0.05) is 12.1 Å². The zero-order valence-electron chi connectivity index (χ0n) is 11.1. The van der Waals surface area contributed by atoms with Gasteiger partial charge in [-0.15, -0.1) is 0 Å². The minimum atomic E-state index is -0.00407. The molecule has 98 valence electrons. The highest BCUT2D eigenvalue weighted by molar-refractivity contribution is 6.31. The van der Waals surface area contributed by atoms with Crippen LogP contribution in [-0.4, -0.2) is 9.78 Å². The summed E-state index contributed by atoms with van der Waals surface area (Å²) in [6.45, 7) is 3.83. The van der Waals surface area contributed by atoms with Crippen LogP contribution in [-0.2, 0) is 7.05 Å². The predicted octanol–water partition coefficient (Wildman–Crippen LogP) is 3.43. The number of rotatable bonds is 3. The first-order valence-corrected chi connectivity index (χ1v) is 6.37. The minimum absolute atomic E-state index is 0.00407. The van der Waals surface area contributed by atoms with Crippen LogP contribution in [0.25, 0.3) is 0 Å². The third kappa shape index (κ3) is 2.56. The summed E-state index contributed by atoms with van der Waals surface area (Å²) in [5, 5.41) is 17.4. The predicted molar refractivity (Wildman–Crippen MR) is 76.1 cm³/mol.